The van der Waals surface area contributed by atoms with E-state index < -0.39 is 0 Å². The van der Waals surface area contributed by atoms with Gasteiger partial charge in [-0.2, -0.15) is 0 Å². The Bertz CT molecular complexity index is 653. The summed E-state index contributed by atoms with van der Waals surface area (Å²) >= 11 is 0. The fourth-order valence-corrected chi connectivity index (χ4v) is 2.06. The van der Waals surface area contributed by atoms with Crippen molar-refractivity contribution in [1.29, 1.82) is 0 Å². The molecule has 5 heteroatoms. The first-order valence-corrected chi connectivity index (χ1v) is 7.60. The summed E-state index contributed by atoms with van der Waals surface area (Å²) in [7, 11) is 5.06. The Labute approximate surface area is 142 Å². The van der Waals surface area contributed by atoms with Gasteiger partial charge >= 0.3 is 0 Å². The lowest BCUT2D eigenvalue weighted by atomic mass is 10.1. The molecule has 0 fully saturated rings. The van der Waals surface area contributed by atoms with Gasteiger partial charge in [0.15, 0.2) is 25.1 Å². The molecule has 0 aliphatic heterocycles. The molecule has 128 valence electrons. The molecular weight excluding hydrogens is 306 g/mol. The van der Waals surface area contributed by atoms with Crippen molar-refractivity contribution < 1.29 is 18.9 Å². The van der Waals surface area contributed by atoms with Crippen molar-refractivity contribution in [3.8, 4) is 11.5 Å². The van der Waals surface area contributed by atoms with Crippen LogP contribution in [0, 0.1) is 0 Å². The van der Waals surface area contributed by atoms with Crippen LogP contribution in [0.5, 0.6) is 11.5 Å². The van der Waals surface area contributed by atoms with Crippen molar-refractivity contribution >= 4 is 17.8 Å². The normalized spacial score (nSPS) is 10.8. The van der Waals surface area contributed by atoms with Crippen LogP contribution in [-0.4, -0.2) is 34.9 Å². The molecule has 0 atom stereocenters. The molecular formula is C19H23NO4. The van der Waals surface area contributed by atoms with E-state index in [4.69, 9.17) is 18.9 Å². The molecule has 5 nitrogen and oxygen atoms in total. The number of ether oxygens (including phenoxy) is 4. The van der Waals surface area contributed by atoms with Crippen LogP contribution in [0.4, 0.5) is 5.69 Å². The van der Waals surface area contributed by atoms with Gasteiger partial charge < -0.3 is 24.3 Å². The van der Waals surface area contributed by atoms with Crippen molar-refractivity contribution in [3.63, 3.8) is 0 Å². The smallest absolute Gasteiger partial charge is 0.188 e. The SMILES string of the molecule is CNc1ccc(C=Cc2ccc(OCOC)c(OCOC)c2)cc1. The van der Waals surface area contributed by atoms with E-state index in [0.29, 0.717) is 11.5 Å². The molecule has 0 unspecified atom stereocenters. The minimum absolute atomic E-state index is 0.155. The van der Waals surface area contributed by atoms with Crippen molar-refractivity contribution in [1.82, 2.24) is 0 Å². The molecule has 0 aromatic heterocycles. The first kappa shape index (κ1) is 17.8. The van der Waals surface area contributed by atoms with Crippen LogP contribution < -0.4 is 14.8 Å². The second kappa shape index (κ2) is 9.60. The van der Waals surface area contributed by atoms with Crippen LogP contribution in [0.2, 0.25) is 0 Å². The monoisotopic (exact) mass is 329 g/mol. The maximum Gasteiger partial charge on any atom is 0.188 e. The first-order valence-electron chi connectivity index (χ1n) is 7.60. The molecule has 0 saturated heterocycles. The topological polar surface area (TPSA) is 49.0 Å². The molecule has 0 heterocycles. The summed E-state index contributed by atoms with van der Waals surface area (Å²) in [6.07, 6.45) is 4.07. The molecule has 0 aliphatic carbocycles. The number of hydrogen-bond acceptors (Lipinski definition) is 5. The van der Waals surface area contributed by atoms with Crippen molar-refractivity contribution in [2.75, 3.05) is 40.2 Å². The third kappa shape index (κ3) is 5.30. The summed E-state index contributed by atoms with van der Waals surface area (Å²) < 4.78 is 20.9. The predicted molar refractivity (Wildman–Crippen MR) is 96.4 cm³/mol. The number of hydrogen-bond donors (Lipinski definition) is 1. The first-order chi connectivity index (χ1) is 11.8. The summed E-state index contributed by atoms with van der Waals surface area (Å²) in [5, 5.41) is 3.10. The predicted octanol–water partition coefficient (Wildman–Crippen LogP) is 3.86. The van der Waals surface area contributed by atoms with Gasteiger partial charge in [-0.15, -0.1) is 0 Å². The molecule has 0 saturated carbocycles. The quantitative estimate of drug-likeness (QED) is 0.559. The number of rotatable bonds is 9. The lowest BCUT2D eigenvalue weighted by molar-refractivity contribution is 0.0322. The Kier molecular flexibility index (Phi) is 7.14. The number of benzene rings is 2. The Morgan fingerprint density at radius 2 is 1.38 bits per heavy atom. The number of anilines is 1. The van der Waals surface area contributed by atoms with Gasteiger partial charge in [-0.3, -0.25) is 0 Å². The van der Waals surface area contributed by atoms with Crippen LogP contribution in [0.25, 0.3) is 12.2 Å². The minimum Gasteiger partial charge on any atom is -0.464 e. The molecule has 0 radical (unpaired) electrons. The second-order valence-corrected chi connectivity index (χ2v) is 5.01. The maximum atomic E-state index is 5.56. The highest BCUT2D eigenvalue weighted by Gasteiger charge is 2.06. The van der Waals surface area contributed by atoms with Gasteiger partial charge in [0.2, 0.25) is 0 Å². The zero-order valence-corrected chi connectivity index (χ0v) is 14.2. The van der Waals surface area contributed by atoms with E-state index in [1.165, 1.54) is 0 Å². The van der Waals surface area contributed by atoms with E-state index >= 15 is 0 Å². The Balaban J connectivity index is 2.14. The van der Waals surface area contributed by atoms with Crippen molar-refractivity contribution in [2.45, 2.75) is 0 Å². The summed E-state index contributed by atoms with van der Waals surface area (Å²) in [6.45, 7) is 0.318. The largest absolute Gasteiger partial charge is 0.464 e. The Morgan fingerprint density at radius 3 is 2.00 bits per heavy atom. The second-order valence-electron chi connectivity index (χ2n) is 5.01. The molecule has 0 spiro atoms. The van der Waals surface area contributed by atoms with Gasteiger partial charge in [0.25, 0.3) is 0 Å². The third-order valence-electron chi connectivity index (χ3n) is 3.30. The Morgan fingerprint density at radius 1 is 0.792 bits per heavy atom. The van der Waals surface area contributed by atoms with Crippen LogP contribution >= 0.6 is 0 Å². The molecule has 2 rings (SSSR count). The highest BCUT2D eigenvalue weighted by Crippen LogP contribution is 2.29. The van der Waals surface area contributed by atoms with Gasteiger partial charge in [0.05, 0.1) is 0 Å². The molecule has 0 amide bonds. The van der Waals surface area contributed by atoms with Gasteiger partial charge in [-0.05, 0) is 35.4 Å². The number of methoxy groups -OCH3 is 2. The van der Waals surface area contributed by atoms with Crippen molar-refractivity contribution in [3.05, 3.63) is 53.6 Å². The highest BCUT2D eigenvalue weighted by molar-refractivity contribution is 5.71. The van der Waals surface area contributed by atoms with Gasteiger partial charge in [0.1, 0.15) is 0 Å². The zero-order chi connectivity index (χ0) is 17.2. The summed E-state index contributed by atoms with van der Waals surface area (Å²) in [5.41, 5.74) is 3.21. The van der Waals surface area contributed by atoms with Crippen LogP contribution in [0.15, 0.2) is 42.5 Å². The van der Waals surface area contributed by atoms with E-state index in [0.717, 1.165) is 16.8 Å². The minimum atomic E-state index is 0.155. The molecule has 0 aliphatic rings. The van der Waals surface area contributed by atoms with Crippen molar-refractivity contribution in [2.24, 2.45) is 0 Å². The van der Waals surface area contributed by atoms with Crippen LogP contribution in [0.1, 0.15) is 11.1 Å². The standard InChI is InChI=1S/C19H23NO4/c1-20-17-9-6-15(7-10-17)4-5-16-8-11-18(23-13-21-2)19(12-16)24-14-22-3/h4-12,20H,13-14H2,1-3H3. The average Bonchev–Trinajstić information content (AvgIpc) is 2.64. The van der Waals surface area contributed by atoms with E-state index in [9.17, 15) is 0 Å². The highest BCUT2D eigenvalue weighted by atomic mass is 16.7. The summed E-state index contributed by atoms with van der Waals surface area (Å²) in [5.74, 6) is 1.23. The fraction of sp³-hybridized carbons (Fsp3) is 0.263. The Hall–Kier alpha value is -2.50. The molecule has 2 aromatic rings. The van der Waals surface area contributed by atoms with E-state index in [1.807, 2.05) is 49.5 Å². The molecule has 2 aromatic carbocycles. The third-order valence-corrected chi connectivity index (χ3v) is 3.30. The summed E-state index contributed by atoms with van der Waals surface area (Å²) in [6, 6.07) is 13.9. The maximum absolute atomic E-state index is 5.56. The van der Waals surface area contributed by atoms with E-state index in [2.05, 4.69) is 17.4 Å². The molecule has 0 bridgehead atoms. The van der Waals surface area contributed by atoms with Gasteiger partial charge in [0, 0.05) is 27.0 Å². The van der Waals surface area contributed by atoms with E-state index in [-0.39, 0.29) is 13.6 Å². The lowest BCUT2D eigenvalue weighted by Crippen LogP contribution is -2.04. The fourth-order valence-electron chi connectivity index (χ4n) is 2.06. The lowest BCUT2D eigenvalue weighted by Gasteiger charge is -2.12. The zero-order valence-electron chi connectivity index (χ0n) is 14.2. The summed E-state index contributed by atoms with van der Waals surface area (Å²) in [4.78, 5) is 0. The average molecular weight is 329 g/mol. The molecule has 24 heavy (non-hydrogen) atoms. The van der Waals surface area contributed by atoms with Crippen LogP contribution in [0.3, 0.4) is 0 Å². The molecule has 1 N–H and O–H groups in total. The van der Waals surface area contributed by atoms with E-state index in [1.54, 1.807) is 14.2 Å². The van der Waals surface area contributed by atoms with Gasteiger partial charge in [-0.25, -0.2) is 0 Å². The van der Waals surface area contributed by atoms with Gasteiger partial charge in [-0.1, -0.05) is 30.4 Å². The van der Waals surface area contributed by atoms with Crippen LogP contribution in [-0.2, 0) is 9.47 Å². The number of nitrogens with one attached hydrogen (secondary N) is 1.